The molecule has 0 saturated heterocycles. The third kappa shape index (κ3) is 4.23. The Kier molecular flexibility index (Phi) is 5.98. The molecule has 0 bridgehead atoms. The summed E-state index contributed by atoms with van der Waals surface area (Å²) in [5, 5.41) is 0.538. The van der Waals surface area contributed by atoms with Crippen molar-refractivity contribution in [2.45, 2.75) is 38.6 Å². The molecule has 0 aliphatic rings. The quantitative estimate of drug-likeness (QED) is 0.614. The predicted octanol–water partition coefficient (Wildman–Crippen LogP) is 1.91. The first-order valence-corrected chi connectivity index (χ1v) is 9.67. The highest BCUT2D eigenvalue weighted by molar-refractivity contribution is 7.12. The molecule has 0 spiro atoms. The molecule has 0 radical (unpaired) electrons. The summed E-state index contributed by atoms with van der Waals surface area (Å²) in [5.74, 6) is -0.0976. The number of fused-ring (bicyclic) bond motifs is 1. The minimum absolute atomic E-state index is 0.129. The Hall–Kier alpha value is -2.58. The summed E-state index contributed by atoms with van der Waals surface area (Å²) in [5.41, 5.74) is 12.7. The normalized spacial score (nSPS) is 12.4. The van der Waals surface area contributed by atoms with Gasteiger partial charge in [-0.3, -0.25) is 14.2 Å². The van der Waals surface area contributed by atoms with Crippen LogP contribution < -0.4 is 17.0 Å². The molecular weight excluding hydrogens is 362 g/mol. The zero-order valence-electron chi connectivity index (χ0n) is 15.2. The summed E-state index contributed by atoms with van der Waals surface area (Å²) in [6, 6.07) is 9.71. The van der Waals surface area contributed by atoms with Gasteiger partial charge in [-0.05, 0) is 43.4 Å². The molecule has 1 aromatic carbocycles. The van der Waals surface area contributed by atoms with E-state index in [9.17, 15) is 9.59 Å². The zero-order chi connectivity index (χ0) is 19.4. The second-order valence-corrected chi connectivity index (χ2v) is 7.35. The molecule has 1 unspecified atom stereocenters. The number of carbonyl (C=O) groups is 1. The lowest BCUT2D eigenvalue weighted by Gasteiger charge is -2.20. The lowest BCUT2D eigenvalue weighted by Crippen LogP contribution is -2.29. The third-order valence-electron chi connectivity index (χ3n) is 4.55. The van der Waals surface area contributed by atoms with Crippen LogP contribution in [0, 0.1) is 6.92 Å². The van der Waals surface area contributed by atoms with Crippen LogP contribution in [-0.2, 0) is 11.3 Å². The second kappa shape index (κ2) is 8.41. The Morgan fingerprint density at radius 3 is 2.70 bits per heavy atom. The van der Waals surface area contributed by atoms with Crippen molar-refractivity contribution in [2.75, 3.05) is 6.54 Å². The van der Waals surface area contributed by atoms with E-state index in [1.54, 1.807) is 4.57 Å². The molecule has 142 valence electrons. The Morgan fingerprint density at radius 2 is 2.04 bits per heavy atom. The van der Waals surface area contributed by atoms with Crippen molar-refractivity contribution >= 4 is 27.7 Å². The molecule has 0 aliphatic heterocycles. The number of rotatable bonds is 8. The standard InChI is InChI=1S/C19H23N5O2S/c1-12-16-18(27-23-12)22-17(14(8-5-9-20)10-15(21)25)24(19(16)26)11-13-6-3-2-4-7-13/h2-4,6-7,14H,5,8-11,20H2,1H3,(H2,21,25). The zero-order valence-corrected chi connectivity index (χ0v) is 16.0. The first-order chi connectivity index (χ1) is 13.0. The number of aromatic nitrogens is 3. The monoisotopic (exact) mass is 385 g/mol. The molecule has 27 heavy (non-hydrogen) atoms. The highest BCUT2D eigenvalue weighted by Gasteiger charge is 2.23. The van der Waals surface area contributed by atoms with Crippen molar-refractivity contribution in [1.29, 1.82) is 0 Å². The molecule has 0 fully saturated rings. The third-order valence-corrected chi connectivity index (χ3v) is 5.38. The van der Waals surface area contributed by atoms with Crippen LogP contribution in [0.15, 0.2) is 35.1 Å². The number of nitrogens with two attached hydrogens (primary N) is 2. The molecule has 3 rings (SSSR count). The maximum absolute atomic E-state index is 13.2. The van der Waals surface area contributed by atoms with Gasteiger partial charge in [-0.1, -0.05) is 30.3 Å². The van der Waals surface area contributed by atoms with Crippen molar-refractivity contribution in [3.63, 3.8) is 0 Å². The molecule has 3 aromatic rings. The predicted molar refractivity (Wildman–Crippen MR) is 107 cm³/mol. The van der Waals surface area contributed by atoms with Crippen molar-refractivity contribution in [1.82, 2.24) is 13.9 Å². The van der Waals surface area contributed by atoms with Gasteiger partial charge in [0.15, 0.2) is 4.83 Å². The molecule has 2 aromatic heterocycles. The van der Waals surface area contributed by atoms with Crippen LogP contribution in [0.3, 0.4) is 0 Å². The van der Waals surface area contributed by atoms with E-state index in [1.807, 2.05) is 37.3 Å². The van der Waals surface area contributed by atoms with Gasteiger partial charge in [0.05, 0.1) is 17.6 Å². The highest BCUT2D eigenvalue weighted by atomic mass is 32.1. The van der Waals surface area contributed by atoms with Crippen LogP contribution in [0.4, 0.5) is 0 Å². The van der Waals surface area contributed by atoms with Crippen molar-refractivity contribution in [3.05, 3.63) is 57.8 Å². The van der Waals surface area contributed by atoms with Crippen molar-refractivity contribution < 1.29 is 4.79 Å². The van der Waals surface area contributed by atoms with E-state index in [2.05, 4.69) is 4.37 Å². The second-order valence-electron chi connectivity index (χ2n) is 6.59. The van der Waals surface area contributed by atoms with Crippen molar-refractivity contribution in [3.8, 4) is 0 Å². The molecule has 0 saturated carbocycles. The van der Waals surface area contributed by atoms with Crippen LogP contribution in [0.25, 0.3) is 10.2 Å². The summed E-state index contributed by atoms with van der Waals surface area (Å²) in [4.78, 5) is 30.2. The molecule has 4 N–H and O–H groups in total. The molecule has 7 nitrogen and oxygen atoms in total. The molecular formula is C19H23N5O2S. The molecule has 1 atom stereocenters. The molecule has 2 heterocycles. The number of primary amides is 1. The maximum Gasteiger partial charge on any atom is 0.264 e. The largest absolute Gasteiger partial charge is 0.370 e. The fraction of sp³-hybridized carbons (Fsp3) is 0.368. The van der Waals surface area contributed by atoms with E-state index in [4.69, 9.17) is 16.5 Å². The average Bonchev–Trinajstić information content (AvgIpc) is 3.02. The summed E-state index contributed by atoms with van der Waals surface area (Å²) >= 11 is 1.20. The number of hydrogen-bond donors (Lipinski definition) is 2. The number of amides is 1. The Labute approximate surface area is 161 Å². The first kappa shape index (κ1) is 19.2. The minimum Gasteiger partial charge on any atom is -0.370 e. The Morgan fingerprint density at radius 1 is 1.30 bits per heavy atom. The molecule has 0 aliphatic carbocycles. The van der Waals surface area contributed by atoms with Gasteiger partial charge in [-0.15, -0.1) is 0 Å². The lowest BCUT2D eigenvalue weighted by molar-refractivity contribution is -0.118. The summed E-state index contributed by atoms with van der Waals surface area (Å²) in [6.07, 6.45) is 1.49. The SMILES string of the molecule is Cc1nsc2nc(C(CCCN)CC(N)=O)n(Cc3ccccc3)c(=O)c12. The Bertz CT molecular complexity index is 996. The number of carbonyl (C=O) groups excluding carboxylic acids is 1. The van der Waals surface area contributed by atoms with Gasteiger partial charge in [0, 0.05) is 12.3 Å². The van der Waals surface area contributed by atoms with Crippen LogP contribution in [-0.4, -0.2) is 26.4 Å². The van der Waals surface area contributed by atoms with E-state index in [0.717, 1.165) is 12.0 Å². The van der Waals surface area contributed by atoms with Gasteiger partial charge in [0.1, 0.15) is 5.82 Å². The van der Waals surface area contributed by atoms with Crippen molar-refractivity contribution in [2.24, 2.45) is 11.5 Å². The topological polar surface area (TPSA) is 117 Å². The lowest BCUT2D eigenvalue weighted by atomic mass is 9.97. The van der Waals surface area contributed by atoms with Gasteiger partial charge in [-0.2, -0.15) is 4.37 Å². The summed E-state index contributed by atoms with van der Waals surface area (Å²) in [7, 11) is 0. The van der Waals surface area contributed by atoms with Crippen LogP contribution in [0.1, 0.15) is 42.3 Å². The first-order valence-electron chi connectivity index (χ1n) is 8.90. The van der Waals surface area contributed by atoms with E-state index in [0.29, 0.717) is 41.2 Å². The fourth-order valence-corrected chi connectivity index (χ4v) is 4.02. The summed E-state index contributed by atoms with van der Waals surface area (Å²) < 4.78 is 5.94. The summed E-state index contributed by atoms with van der Waals surface area (Å²) in [6.45, 7) is 2.69. The van der Waals surface area contributed by atoms with Gasteiger partial charge in [-0.25, -0.2) is 4.98 Å². The van der Waals surface area contributed by atoms with Crippen LogP contribution >= 0.6 is 11.5 Å². The average molecular weight is 385 g/mol. The van der Waals surface area contributed by atoms with Gasteiger partial charge in [0.2, 0.25) is 5.91 Å². The Balaban J connectivity index is 2.17. The van der Waals surface area contributed by atoms with Gasteiger partial charge >= 0.3 is 0 Å². The molecule has 1 amide bonds. The van der Waals surface area contributed by atoms with E-state index in [1.165, 1.54) is 11.5 Å². The number of hydrogen-bond acceptors (Lipinski definition) is 6. The number of benzene rings is 1. The van der Waals surface area contributed by atoms with Crippen LogP contribution in [0.5, 0.6) is 0 Å². The maximum atomic E-state index is 13.2. The smallest absolute Gasteiger partial charge is 0.264 e. The van der Waals surface area contributed by atoms with E-state index in [-0.39, 0.29) is 17.9 Å². The van der Waals surface area contributed by atoms with E-state index >= 15 is 0 Å². The molecule has 8 heteroatoms. The van der Waals surface area contributed by atoms with Crippen LogP contribution in [0.2, 0.25) is 0 Å². The number of nitrogens with zero attached hydrogens (tertiary/aromatic N) is 3. The van der Waals surface area contributed by atoms with Gasteiger partial charge in [0.25, 0.3) is 5.56 Å². The van der Waals surface area contributed by atoms with E-state index < -0.39 is 5.91 Å². The number of aryl methyl sites for hydroxylation is 1. The van der Waals surface area contributed by atoms with Gasteiger partial charge < -0.3 is 11.5 Å². The fourth-order valence-electron chi connectivity index (χ4n) is 3.24. The highest BCUT2D eigenvalue weighted by Crippen LogP contribution is 2.26. The minimum atomic E-state index is -0.418.